The Hall–Kier alpha value is -4.01. The zero-order chi connectivity index (χ0) is 25.9. The van der Waals surface area contributed by atoms with Crippen LogP contribution in [0.5, 0.6) is 0 Å². The van der Waals surface area contributed by atoms with E-state index < -0.39 is 0 Å². The van der Waals surface area contributed by atoms with E-state index in [0.29, 0.717) is 29.6 Å². The van der Waals surface area contributed by atoms with Gasteiger partial charge in [0.25, 0.3) is 11.5 Å². The summed E-state index contributed by atoms with van der Waals surface area (Å²) in [4.78, 5) is 33.7. The summed E-state index contributed by atoms with van der Waals surface area (Å²) in [6, 6.07) is 23.0. The molecular weight excluding hydrogens is 480 g/mol. The zero-order valence-corrected chi connectivity index (χ0v) is 21.1. The SMILES string of the molecule is O=C(Nc1nc2cc(-c3ccc(N4CCOCC4)cc3)ccc2c(=O)n1CC1CCCO1)c1ccccc1. The number of amides is 1. The third-order valence-corrected chi connectivity index (χ3v) is 7.20. The number of anilines is 2. The number of carbonyl (C=O) groups excluding carboxylic acids is 1. The molecule has 1 aromatic heterocycles. The maximum atomic E-state index is 13.6. The molecule has 6 rings (SSSR count). The fraction of sp³-hybridized carbons (Fsp3) is 0.300. The molecule has 0 spiro atoms. The molecule has 2 fully saturated rings. The summed E-state index contributed by atoms with van der Waals surface area (Å²) >= 11 is 0. The number of nitrogens with zero attached hydrogens (tertiary/aromatic N) is 3. The van der Waals surface area contributed by atoms with Gasteiger partial charge >= 0.3 is 0 Å². The number of benzene rings is 3. The van der Waals surface area contributed by atoms with E-state index in [4.69, 9.17) is 14.5 Å². The Kier molecular flexibility index (Phi) is 6.90. The van der Waals surface area contributed by atoms with Gasteiger partial charge in [0.15, 0.2) is 0 Å². The highest BCUT2D eigenvalue weighted by Crippen LogP contribution is 2.27. The van der Waals surface area contributed by atoms with Crippen LogP contribution in [0, 0.1) is 0 Å². The zero-order valence-electron chi connectivity index (χ0n) is 21.1. The predicted octanol–water partition coefficient (Wildman–Crippen LogP) is 4.33. The molecule has 0 radical (unpaired) electrons. The highest BCUT2D eigenvalue weighted by molar-refractivity contribution is 6.03. The van der Waals surface area contributed by atoms with Crippen molar-refractivity contribution < 1.29 is 14.3 Å². The Labute approximate surface area is 220 Å². The Bertz CT molecular complexity index is 1490. The fourth-order valence-corrected chi connectivity index (χ4v) is 5.11. The normalized spacial score (nSPS) is 17.6. The van der Waals surface area contributed by atoms with Crippen molar-refractivity contribution >= 4 is 28.4 Å². The Morgan fingerprint density at radius 3 is 2.45 bits per heavy atom. The number of hydrogen-bond donors (Lipinski definition) is 1. The van der Waals surface area contributed by atoms with E-state index in [0.717, 1.165) is 50.3 Å². The van der Waals surface area contributed by atoms with E-state index in [9.17, 15) is 9.59 Å². The number of ether oxygens (including phenoxy) is 2. The van der Waals surface area contributed by atoms with Gasteiger partial charge in [-0.3, -0.25) is 19.5 Å². The van der Waals surface area contributed by atoms with Gasteiger partial charge < -0.3 is 14.4 Å². The van der Waals surface area contributed by atoms with Gasteiger partial charge in [-0.1, -0.05) is 36.4 Å². The largest absolute Gasteiger partial charge is 0.378 e. The lowest BCUT2D eigenvalue weighted by atomic mass is 10.0. The van der Waals surface area contributed by atoms with Gasteiger partial charge in [-0.05, 0) is 60.4 Å². The molecule has 0 aliphatic carbocycles. The maximum Gasteiger partial charge on any atom is 0.262 e. The highest BCUT2D eigenvalue weighted by Gasteiger charge is 2.21. The molecule has 2 aliphatic rings. The molecule has 1 N–H and O–H groups in total. The minimum Gasteiger partial charge on any atom is -0.378 e. The van der Waals surface area contributed by atoms with Crippen molar-refractivity contribution in [1.29, 1.82) is 0 Å². The van der Waals surface area contributed by atoms with E-state index in [-0.39, 0.29) is 23.5 Å². The lowest BCUT2D eigenvalue weighted by molar-refractivity contribution is 0.0956. The molecular formula is C30H30N4O4. The van der Waals surface area contributed by atoms with Crippen molar-refractivity contribution in [2.75, 3.05) is 43.1 Å². The minimum absolute atomic E-state index is 0.0800. The number of nitrogens with one attached hydrogen (secondary N) is 1. The summed E-state index contributed by atoms with van der Waals surface area (Å²) in [6.45, 7) is 4.28. The third-order valence-electron chi connectivity index (χ3n) is 7.20. The third kappa shape index (κ3) is 5.05. The van der Waals surface area contributed by atoms with Crippen LogP contribution in [0.15, 0.2) is 77.6 Å². The van der Waals surface area contributed by atoms with Crippen molar-refractivity contribution in [1.82, 2.24) is 9.55 Å². The van der Waals surface area contributed by atoms with E-state index in [1.165, 1.54) is 10.3 Å². The molecule has 8 nitrogen and oxygen atoms in total. The molecule has 0 saturated carbocycles. The Morgan fingerprint density at radius 2 is 1.71 bits per heavy atom. The van der Waals surface area contributed by atoms with E-state index in [1.54, 1.807) is 24.3 Å². The molecule has 0 bridgehead atoms. The summed E-state index contributed by atoms with van der Waals surface area (Å²) in [5.74, 6) is -0.0838. The molecule has 3 heterocycles. The standard InChI is InChI=1S/C30H30N4O4/c35-28(22-5-2-1-3-6-22)32-30-31-27-19-23(21-8-11-24(12-9-21)33-14-17-37-18-15-33)10-13-26(27)29(36)34(30)20-25-7-4-16-38-25/h1-3,5-6,8-13,19,25H,4,7,14-18,20H2,(H,31,32,35). The van der Waals surface area contributed by atoms with Crippen LogP contribution < -0.4 is 15.8 Å². The number of rotatable bonds is 6. The van der Waals surface area contributed by atoms with Crippen LogP contribution in [0.3, 0.4) is 0 Å². The van der Waals surface area contributed by atoms with E-state index >= 15 is 0 Å². The van der Waals surface area contributed by atoms with Crippen molar-refractivity contribution in [3.05, 3.63) is 88.7 Å². The first-order valence-corrected chi connectivity index (χ1v) is 13.1. The lowest BCUT2D eigenvalue weighted by Gasteiger charge is -2.28. The average molecular weight is 511 g/mol. The van der Waals surface area contributed by atoms with Crippen LogP contribution >= 0.6 is 0 Å². The van der Waals surface area contributed by atoms with Gasteiger partial charge in [-0.2, -0.15) is 0 Å². The smallest absolute Gasteiger partial charge is 0.262 e. The van der Waals surface area contributed by atoms with Crippen LogP contribution in [0.2, 0.25) is 0 Å². The number of morpholine rings is 1. The van der Waals surface area contributed by atoms with Crippen molar-refractivity contribution in [3.8, 4) is 11.1 Å². The molecule has 194 valence electrons. The van der Waals surface area contributed by atoms with Gasteiger partial charge in [0.2, 0.25) is 5.95 Å². The number of hydrogen-bond acceptors (Lipinski definition) is 6. The van der Waals surface area contributed by atoms with Crippen molar-refractivity contribution in [3.63, 3.8) is 0 Å². The summed E-state index contributed by atoms with van der Waals surface area (Å²) < 4.78 is 12.8. The number of aromatic nitrogens is 2. The molecule has 2 aliphatic heterocycles. The second kappa shape index (κ2) is 10.8. The van der Waals surface area contributed by atoms with Gasteiger partial charge in [0.05, 0.1) is 36.8 Å². The Balaban J connectivity index is 1.35. The van der Waals surface area contributed by atoms with E-state index in [2.05, 4.69) is 34.5 Å². The Morgan fingerprint density at radius 1 is 0.947 bits per heavy atom. The summed E-state index contributed by atoms with van der Waals surface area (Å²) in [5.41, 5.74) is 4.00. The molecule has 3 aromatic carbocycles. The van der Waals surface area contributed by atoms with Crippen molar-refractivity contribution in [2.45, 2.75) is 25.5 Å². The first-order valence-electron chi connectivity index (χ1n) is 13.1. The maximum absolute atomic E-state index is 13.6. The van der Waals surface area contributed by atoms with Crippen LogP contribution in [0.1, 0.15) is 23.2 Å². The molecule has 8 heteroatoms. The highest BCUT2D eigenvalue weighted by atomic mass is 16.5. The van der Waals surface area contributed by atoms with Crippen LogP contribution in [-0.2, 0) is 16.0 Å². The second-order valence-corrected chi connectivity index (χ2v) is 9.68. The second-order valence-electron chi connectivity index (χ2n) is 9.68. The molecule has 1 atom stereocenters. The quantitative estimate of drug-likeness (QED) is 0.416. The molecule has 38 heavy (non-hydrogen) atoms. The van der Waals surface area contributed by atoms with Crippen LogP contribution in [-0.4, -0.2) is 54.5 Å². The lowest BCUT2D eigenvalue weighted by Crippen LogP contribution is -2.36. The first-order chi connectivity index (χ1) is 18.7. The summed E-state index contributed by atoms with van der Waals surface area (Å²) in [7, 11) is 0. The molecule has 1 amide bonds. The molecule has 4 aromatic rings. The van der Waals surface area contributed by atoms with Crippen molar-refractivity contribution in [2.24, 2.45) is 0 Å². The molecule has 2 saturated heterocycles. The van der Waals surface area contributed by atoms with Gasteiger partial charge in [-0.15, -0.1) is 0 Å². The first kappa shape index (κ1) is 24.3. The fourth-order valence-electron chi connectivity index (χ4n) is 5.11. The minimum atomic E-state index is -0.312. The van der Waals surface area contributed by atoms with Gasteiger partial charge in [0.1, 0.15) is 0 Å². The number of carbonyl (C=O) groups is 1. The van der Waals surface area contributed by atoms with Crippen LogP contribution in [0.4, 0.5) is 11.6 Å². The topological polar surface area (TPSA) is 85.7 Å². The average Bonchev–Trinajstić information content (AvgIpc) is 3.49. The number of fused-ring (bicyclic) bond motifs is 1. The molecule has 1 unspecified atom stereocenters. The van der Waals surface area contributed by atoms with E-state index in [1.807, 2.05) is 24.3 Å². The van der Waals surface area contributed by atoms with Crippen LogP contribution in [0.25, 0.3) is 22.0 Å². The summed E-state index contributed by atoms with van der Waals surface area (Å²) in [6.07, 6.45) is 1.75. The summed E-state index contributed by atoms with van der Waals surface area (Å²) in [5, 5.41) is 3.39. The monoisotopic (exact) mass is 510 g/mol. The van der Waals surface area contributed by atoms with Gasteiger partial charge in [0, 0.05) is 30.9 Å². The van der Waals surface area contributed by atoms with Gasteiger partial charge in [-0.25, -0.2) is 4.98 Å². The predicted molar refractivity (Wildman–Crippen MR) is 148 cm³/mol.